The predicted molar refractivity (Wildman–Crippen MR) is 55.7 cm³/mol. The molecule has 0 fully saturated rings. The summed E-state index contributed by atoms with van der Waals surface area (Å²) in [6, 6.07) is 5.18. The second-order valence-electron chi connectivity index (χ2n) is 2.48. The van der Waals surface area contributed by atoms with Crippen molar-refractivity contribution in [3.63, 3.8) is 0 Å². The molecular formula is C7H5F3N2O2S2. The number of nitro groups is 1. The molecule has 0 heterocycles. The van der Waals surface area contributed by atoms with Crippen LogP contribution in [0.2, 0.25) is 0 Å². The highest BCUT2D eigenvalue weighted by molar-refractivity contribution is 8.13. The molecule has 0 saturated heterocycles. The van der Waals surface area contributed by atoms with E-state index in [0.717, 1.165) is 11.9 Å². The van der Waals surface area contributed by atoms with Crippen LogP contribution in [0, 0.1) is 10.1 Å². The molecule has 1 rings (SSSR count). The maximum Gasteiger partial charge on any atom is 0.457 e. The van der Waals surface area contributed by atoms with Crippen LogP contribution in [0.1, 0.15) is 0 Å². The molecule has 16 heavy (non-hydrogen) atoms. The van der Waals surface area contributed by atoms with Crippen molar-refractivity contribution in [1.29, 1.82) is 0 Å². The van der Waals surface area contributed by atoms with Gasteiger partial charge >= 0.3 is 5.51 Å². The van der Waals surface area contributed by atoms with E-state index in [1.165, 1.54) is 24.3 Å². The number of non-ortho nitro benzene ring substituents is 1. The van der Waals surface area contributed by atoms with E-state index in [-0.39, 0.29) is 17.6 Å². The van der Waals surface area contributed by atoms with Gasteiger partial charge < -0.3 is 0 Å². The van der Waals surface area contributed by atoms with Crippen molar-refractivity contribution in [3.8, 4) is 0 Å². The number of halogens is 3. The van der Waals surface area contributed by atoms with E-state index < -0.39 is 10.4 Å². The van der Waals surface area contributed by atoms with Crippen molar-refractivity contribution in [2.24, 2.45) is 0 Å². The smallest absolute Gasteiger partial charge is 0.258 e. The summed E-state index contributed by atoms with van der Waals surface area (Å²) in [7, 11) is 0. The molecule has 0 unspecified atom stereocenters. The number of nitro benzene ring substituents is 1. The average molecular weight is 270 g/mol. The Morgan fingerprint density at radius 1 is 1.25 bits per heavy atom. The van der Waals surface area contributed by atoms with Gasteiger partial charge in [-0.05, 0) is 24.1 Å². The molecule has 0 radical (unpaired) electrons. The van der Waals surface area contributed by atoms with Crippen LogP contribution in [0.15, 0.2) is 29.2 Å². The predicted octanol–water partition coefficient (Wildman–Crippen LogP) is 3.36. The third-order valence-corrected chi connectivity index (χ3v) is 2.77. The van der Waals surface area contributed by atoms with Gasteiger partial charge in [0.1, 0.15) is 0 Å². The summed E-state index contributed by atoms with van der Waals surface area (Å²) in [6.07, 6.45) is 0. The maximum atomic E-state index is 11.7. The van der Waals surface area contributed by atoms with Crippen LogP contribution in [0.3, 0.4) is 0 Å². The van der Waals surface area contributed by atoms with Crippen LogP contribution >= 0.6 is 23.9 Å². The highest BCUT2D eigenvalue weighted by atomic mass is 32.2. The monoisotopic (exact) mass is 270 g/mol. The molecule has 0 saturated carbocycles. The summed E-state index contributed by atoms with van der Waals surface area (Å²) in [5.74, 6) is 0. The first-order chi connectivity index (χ1) is 7.38. The van der Waals surface area contributed by atoms with Gasteiger partial charge in [0, 0.05) is 29.0 Å². The first-order valence-electron chi connectivity index (χ1n) is 3.79. The minimum Gasteiger partial charge on any atom is -0.258 e. The fourth-order valence-corrected chi connectivity index (χ4v) is 1.95. The summed E-state index contributed by atoms with van der Waals surface area (Å²) in [5, 5.41) is 10.3. The Balaban J connectivity index is 2.47. The van der Waals surface area contributed by atoms with Gasteiger partial charge in [-0.2, -0.15) is 17.3 Å². The van der Waals surface area contributed by atoms with E-state index in [9.17, 15) is 23.3 Å². The molecule has 1 aromatic rings. The standard InChI is InChI=1S/C7H5F3N2O2S2/c8-7(9,10)16-11-15-6-3-1-5(2-4-6)12(13)14/h1-4,11H. The van der Waals surface area contributed by atoms with Crippen LogP contribution in [0.5, 0.6) is 0 Å². The molecule has 0 amide bonds. The molecule has 0 bridgehead atoms. The van der Waals surface area contributed by atoms with Crippen LogP contribution in [0.4, 0.5) is 18.9 Å². The lowest BCUT2D eigenvalue weighted by atomic mass is 10.3. The summed E-state index contributed by atoms with van der Waals surface area (Å²) in [6.45, 7) is 0. The molecular weight excluding hydrogens is 265 g/mol. The van der Waals surface area contributed by atoms with Gasteiger partial charge in [-0.3, -0.25) is 10.1 Å². The van der Waals surface area contributed by atoms with Crippen molar-refractivity contribution >= 4 is 29.6 Å². The Bertz CT molecular complexity index is 369. The highest BCUT2D eigenvalue weighted by Gasteiger charge is 2.28. The van der Waals surface area contributed by atoms with E-state index in [2.05, 4.69) is 0 Å². The number of nitrogens with one attached hydrogen (secondary N) is 1. The lowest BCUT2D eigenvalue weighted by molar-refractivity contribution is -0.384. The molecule has 4 nitrogen and oxygen atoms in total. The molecule has 0 aliphatic rings. The van der Waals surface area contributed by atoms with Crippen molar-refractivity contribution in [2.75, 3.05) is 0 Å². The molecule has 0 atom stereocenters. The third kappa shape index (κ3) is 4.73. The summed E-state index contributed by atoms with van der Waals surface area (Å²) in [5.41, 5.74) is -4.46. The second-order valence-corrected chi connectivity index (χ2v) is 4.49. The Morgan fingerprint density at radius 2 is 1.81 bits per heavy atom. The number of hydrogen-bond acceptors (Lipinski definition) is 5. The Hall–Kier alpha value is -0.930. The van der Waals surface area contributed by atoms with Gasteiger partial charge in [-0.15, -0.1) is 0 Å². The van der Waals surface area contributed by atoms with Crippen molar-refractivity contribution < 1.29 is 18.1 Å². The van der Waals surface area contributed by atoms with Crippen molar-refractivity contribution in [1.82, 2.24) is 4.13 Å². The van der Waals surface area contributed by atoms with E-state index in [1.807, 2.05) is 4.13 Å². The summed E-state index contributed by atoms with van der Waals surface area (Å²) < 4.78 is 37.2. The molecule has 0 aliphatic heterocycles. The van der Waals surface area contributed by atoms with Gasteiger partial charge in [0.15, 0.2) is 0 Å². The Kier molecular flexibility index (Phi) is 4.44. The van der Waals surface area contributed by atoms with E-state index in [0.29, 0.717) is 4.90 Å². The molecule has 0 aliphatic carbocycles. The van der Waals surface area contributed by atoms with E-state index >= 15 is 0 Å². The zero-order chi connectivity index (χ0) is 12.2. The van der Waals surface area contributed by atoms with Crippen LogP contribution in [-0.4, -0.2) is 10.4 Å². The van der Waals surface area contributed by atoms with Crippen molar-refractivity contribution in [3.05, 3.63) is 34.4 Å². The van der Waals surface area contributed by atoms with Crippen LogP contribution in [-0.2, 0) is 0 Å². The number of alkyl halides is 3. The van der Waals surface area contributed by atoms with Gasteiger partial charge in [0.2, 0.25) is 0 Å². The SMILES string of the molecule is O=[N+]([O-])c1ccc(SNSC(F)(F)F)cc1. The Labute approximate surface area is 97.0 Å². The molecule has 1 N–H and O–H groups in total. The first-order valence-corrected chi connectivity index (χ1v) is 5.43. The topological polar surface area (TPSA) is 55.2 Å². The number of benzene rings is 1. The average Bonchev–Trinajstić information content (AvgIpc) is 2.16. The third-order valence-electron chi connectivity index (χ3n) is 1.36. The minimum atomic E-state index is -4.35. The summed E-state index contributed by atoms with van der Waals surface area (Å²) in [4.78, 5) is 10.2. The summed E-state index contributed by atoms with van der Waals surface area (Å²) >= 11 is 0.356. The quantitative estimate of drug-likeness (QED) is 0.516. The van der Waals surface area contributed by atoms with E-state index in [1.54, 1.807) is 0 Å². The van der Waals surface area contributed by atoms with Crippen LogP contribution in [0.25, 0.3) is 0 Å². The minimum absolute atomic E-state index is 0.104. The Morgan fingerprint density at radius 3 is 2.25 bits per heavy atom. The second kappa shape index (κ2) is 5.41. The van der Waals surface area contributed by atoms with Gasteiger partial charge in [-0.25, -0.2) is 0 Å². The lowest BCUT2D eigenvalue weighted by Crippen LogP contribution is -2.06. The zero-order valence-electron chi connectivity index (χ0n) is 7.52. The lowest BCUT2D eigenvalue weighted by Gasteiger charge is -2.05. The normalized spacial score (nSPS) is 11.4. The van der Waals surface area contributed by atoms with Gasteiger partial charge in [0.25, 0.3) is 5.69 Å². The maximum absolute atomic E-state index is 11.7. The molecule has 9 heteroatoms. The largest absolute Gasteiger partial charge is 0.457 e. The molecule has 1 aromatic carbocycles. The zero-order valence-corrected chi connectivity index (χ0v) is 9.16. The fourth-order valence-electron chi connectivity index (χ4n) is 0.752. The number of hydrogen-bond donors (Lipinski definition) is 1. The number of nitrogens with zero attached hydrogens (tertiary/aromatic N) is 1. The molecule has 88 valence electrons. The van der Waals surface area contributed by atoms with Crippen molar-refractivity contribution in [2.45, 2.75) is 10.4 Å². The molecule has 0 aromatic heterocycles. The highest BCUT2D eigenvalue weighted by Crippen LogP contribution is 2.31. The van der Waals surface area contributed by atoms with Gasteiger partial charge in [-0.1, -0.05) is 0 Å². The first kappa shape index (κ1) is 13.1. The number of rotatable bonds is 4. The fraction of sp³-hybridized carbons (Fsp3) is 0.143. The molecule has 0 spiro atoms. The van der Waals surface area contributed by atoms with Gasteiger partial charge in [0.05, 0.1) is 4.92 Å². The van der Waals surface area contributed by atoms with Crippen LogP contribution < -0.4 is 4.13 Å². The van der Waals surface area contributed by atoms with E-state index in [4.69, 9.17) is 0 Å².